The van der Waals surface area contributed by atoms with Crippen molar-refractivity contribution in [1.82, 2.24) is 9.21 Å². The number of benzene rings is 2. The molecule has 0 saturated carbocycles. The second-order valence-corrected chi connectivity index (χ2v) is 10.7. The molecule has 172 valence electrons. The van der Waals surface area contributed by atoms with E-state index in [4.69, 9.17) is 16.3 Å². The van der Waals surface area contributed by atoms with Gasteiger partial charge >= 0.3 is 0 Å². The third-order valence-corrected chi connectivity index (χ3v) is 8.10. The minimum absolute atomic E-state index is 0.0886. The van der Waals surface area contributed by atoms with Crippen LogP contribution < -0.4 is 4.90 Å². The Morgan fingerprint density at radius 2 is 1.59 bits per heavy atom. The van der Waals surface area contributed by atoms with E-state index in [9.17, 15) is 13.2 Å². The summed E-state index contributed by atoms with van der Waals surface area (Å²) >= 11 is 6.31. The molecule has 2 aliphatic rings. The molecule has 0 aliphatic carbocycles. The first kappa shape index (κ1) is 23.0. The van der Waals surface area contributed by atoms with Crippen LogP contribution in [-0.2, 0) is 14.8 Å². The van der Waals surface area contributed by atoms with Crippen molar-refractivity contribution < 1.29 is 17.9 Å². The van der Waals surface area contributed by atoms with Gasteiger partial charge in [-0.15, -0.1) is 0 Å². The van der Waals surface area contributed by atoms with Crippen LogP contribution in [0.1, 0.15) is 24.2 Å². The predicted octanol–water partition coefficient (Wildman–Crippen LogP) is 3.10. The van der Waals surface area contributed by atoms with Crippen LogP contribution in [0.4, 0.5) is 5.69 Å². The van der Waals surface area contributed by atoms with Crippen LogP contribution in [0.5, 0.6) is 0 Å². The number of carbonyl (C=O) groups is 1. The number of hydrogen-bond donors (Lipinski definition) is 0. The van der Waals surface area contributed by atoms with Crippen LogP contribution in [0.25, 0.3) is 0 Å². The number of amides is 1. The number of para-hydroxylation sites is 1. The molecule has 0 aromatic heterocycles. The minimum Gasteiger partial charge on any atom is -0.372 e. The van der Waals surface area contributed by atoms with E-state index < -0.39 is 10.0 Å². The Morgan fingerprint density at radius 1 is 0.969 bits per heavy atom. The molecule has 32 heavy (non-hydrogen) atoms. The molecule has 9 heteroatoms. The van der Waals surface area contributed by atoms with Crippen molar-refractivity contribution in [3.05, 3.63) is 59.1 Å². The van der Waals surface area contributed by atoms with E-state index in [1.165, 1.54) is 22.5 Å². The maximum atomic E-state index is 13.3. The second-order valence-electron chi connectivity index (χ2n) is 8.34. The van der Waals surface area contributed by atoms with Crippen LogP contribution in [0, 0.1) is 0 Å². The van der Waals surface area contributed by atoms with Crippen LogP contribution in [0.3, 0.4) is 0 Å². The number of ether oxygens (including phenoxy) is 1. The van der Waals surface area contributed by atoms with Crippen molar-refractivity contribution in [1.29, 1.82) is 0 Å². The second kappa shape index (κ2) is 9.39. The fourth-order valence-electron chi connectivity index (χ4n) is 4.32. The topological polar surface area (TPSA) is 70.2 Å². The van der Waals surface area contributed by atoms with Crippen molar-refractivity contribution >= 4 is 33.2 Å². The van der Waals surface area contributed by atoms with Crippen LogP contribution in [0.2, 0.25) is 5.02 Å². The lowest BCUT2D eigenvalue weighted by Gasteiger charge is -2.36. The molecule has 2 fully saturated rings. The number of halogens is 1. The summed E-state index contributed by atoms with van der Waals surface area (Å²) in [6.07, 6.45) is -0.177. The maximum Gasteiger partial charge on any atom is 0.255 e. The zero-order chi connectivity index (χ0) is 22.9. The molecule has 2 atom stereocenters. The Balaban J connectivity index is 1.51. The number of anilines is 1. The van der Waals surface area contributed by atoms with E-state index >= 15 is 0 Å². The van der Waals surface area contributed by atoms with E-state index in [1.54, 1.807) is 4.90 Å². The normalized spacial score (nSPS) is 22.7. The lowest BCUT2D eigenvalue weighted by Crippen LogP contribution is -2.49. The molecule has 2 heterocycles. The number of nitrogens with zero attached hydrogens (tertiary/aromatic N) is 3. The molecule has 1 amide bonds. The number of carbonyl (C=O) groups excluding carboxylic acids is 1. The third-order valence-electron chi connectivity index (χ3n) is 5.87. The van der Waals surface area contributed by atoms with E-state index in [-0.39, 0.29) is 33.6 Å². The van der Waals surface area contributed by atoms with Gasteiger partial charge in [-0.2, -0.15) is 4.31 Å². The van der Waals surface area contributed by atoms with Crippen molar-refractivity contribution in [3.63, 3.8) is 0 Å². The third kappa shape index (κ3) is 4.78. The van der Waals surface area contributed by atoms with E-state index in [0.29, 0.717) is 39.3 Å². The van der Waals surface area contributed by atoms with Gasteiger partial charge in [0.1, 0.15) is 0 Å². The zero-order valence-electron chi connectivity index (χ0n) is 18.3. The van der Waals surface area contributed by atoms with E-state index in [1.807, 2.05) is 44.2 Å². The largest absolute Gasteiger partial charge is 0.372 e. The van der Waals surface area contributed by atoms with Gasteiger partial charge in [0.15, 0.2) is 0 Å². The number of morpholine rings is 1. The molecule has 0 spiro atoms. The van der Waals surface area contributed by atoms with Crippen molar-refractivity contribution in [3.8, 4) is 0 Å². The SMILES string of the molecule is C[C@H]1CN(C(=O)c2cc(S(=O)(=O)N3CCN(c4ccccc4)CC3)ccc2Cl)C[C@H](C)O1. The van der Waals surface area contributed by atoms with Gasteiger partial charge in [0.25, 0.3) is 5.91 Å². The fraction of sp³-hybridized carbons (Fsp3) is 0.435. The van der Waals surface area contributed by atoms with Gasteiger partial charge in [0, 0.05) is 45.0 Å². The number of piperazine rings is 1. The van der Waals surface area contributed by atoms with Gasteiger partial charge in [-0.25, -0.2) is 8.42 Å². The molecule has 0 radical (unpaired) electrons. The minimum atomic E-state index is -3.74. The molecule has 0 N–H and O–H groups in total. The Labute approximate surface area is 194 Å². The predicted molar refractivity (Wildman–Crippen MR) is 125 cm³/mol. The van der Waals surface area contributed by atoms with Gasteiger partial charge in [-0.3, -0.25) is 4.79 Å². The maximum absolute atomic E-state index is 13.3. The smallest absolute Gasteiger partial charge is 0.255 e. The molecule has 4 rings (SSSR count). The fourth-order valence-corrected chi connectivity index (χ4v) is 5.96. The zero-order valence-corrected chi connectivity index (χ0v) is 19.8. The highest BCUT2D eigenvalue weighted by Crippen LogP contribution is 2.27. The lowest BCUT2D eigenvalue weighted by molar-refractivity contribution is -0.0586. The van der Waals surface area contributed by atoms with Gasteiger partial charge in [-0.1, -0.05) is 29.8 Å². The van der Waals surface area contributed by atoms with Crippen molar-refractivity contribution in [2.24, 2.45) is 0 Å². The Hall–Kier alpha value is -2.13. The molecule has 2 saturated heterocycles. The first-order valence-electron chi connectivity index (χ1n) is 10.8. The van der Waals surface area contributed by atoms with Gasteiger partial charge in [0.05, 0.1) is 27.7 Å². The van der Waals surface area contributed by atoms with E-state index in [2.05, 4.69) is 4.90 Å². The van der Waals surface area contributed by atoms with Crippen LogP contribution in [0.15, 0.2) is 53.4 Å². The lowest BCUT2D eigenvalue weighted by atomic mass is 10.1. The van der Waals surface area contributed by atoms with Gasteiger partial charge in [-0.05, 0) is 44.2 Å². The van der Waals surface area contributed by atoms with E-state index in [0.717, 1.165) is 5.69 Å². The summed E-state index contributed by atoms with van der Waals surface area (Å²) in [6, 6.07) is 14.3. The summed E-state index contributed by atoms with van der Waals surface area (Å²) in [4.78, 5) is 17.1. The summed E-state index contributed by atoms with van der Waals surface area (Å²) in [5.41, 5.74) is 1.29. The summed E-state index contributed by atoms with van der Waals surface area (Å²) in [5.74, 6) is -0.275. The number of hydrogen-bond acceptors (Lipinski definition) is 5. The molecule has 2 aromatic carbocycles. The summed E-state index contributed by atoms with van der Waals surface area (Å²) in [7, 11) is -3.74. The monoisotopic (exact) mass is 477 g/mol. The molecular weight excluding hydrogens is 450 g/mol. The summed E-state index contributed by atoms with van der Waals surface area (Å²) in [6.45, 7) is 6.67. The van der Waals surface area contributed by atoms with Crippen molar-refractivity contribution in [2.45, 2.75) is 31.0 Å². The van der Waals surface area contributed by atoms with Crippen LogP contribution in [-0.4, -0.2) is 75.0 Å². The number of sulfonamides is 1. The molecule has 2 aromatic rings. The first-order valence-corrected chi connectivity index (χ1v) is 12.6. The Kier molecular flexibility index (Phi) is 6.76. The molecule has 2 aliphatic heterocycles. The standard InChI is InChI=1S/C23H28ClN3O4S/c1-17-15-26(16-18(2)31-17)23(28)21-14-20(8-9-22(21)24)32(29,30)27-12-10-25(11-13-27)19-6-4-3-5-7-19/h3-9,14,17-18H,10-13,15-16H2,1-2H3/t17-,18-/m0/s1. The molecular formula is C23H28ClN3O4S. The molecule has 0 unspecified atom stereocenters. The number of rotatable bonds is 4. The molecule has 0 bridgehead atoms. The summed E-state index contributed by atoms with van der Waals surface area (Å²) in [5, 5.41) is 0.245. The van der Waals surface area contributed by atoms with Gasteiger partial charge < -0.3 is 14.5 Å². The highest BCUT2D eigenvalue weighted by Gasteiger charge is 2.32. The summed E-state index contributed by atoms with van der Waals surface area (Å²) < 4.78 is 33.8. The molecule has 7 nitrogen and oxygen atoms in total. The average molecular weight is 478 g/mol. The average Bonchev–Trinajstić information content (AvgIpc) is 2.79. The highest BCUT2D eigenvalue weighted by molar-refractivity contribution is 7.89. The Morgan fingerprint density at radius 3 is 2.22 bits per heavy atom. The quantitative estimate of drug-likeness (QED) is 0.676. The first-order chi connectivity index (χ1) is 15.3. The van der Waals surface area contributed by atoms with Gasteiger partial charge in [0.2, 0.25) is 10.0 Å². The van der Waals surface area contributed by atoms with Crippen molar-refractivity contribution in [2.75, 3.05) is 44.2 Å². The highest BCUT2D eigenvalue weighted by atomic mass is 35.5. The van der Waals surface area contributed by atoms with Crippen LogP contribution >= 0.6 is 11.6 Å². The Bertz CT molecular complexity index is 1060.